The number of rotatable bonds is 9. The van der Waals surface area contributed by atoms with Crippen LogP contribution in [0.15, 0.2) is 42.5 Å². The highest BCUT2D eigenvalue weighted by atomic mass is 31.1. The molecule has 2 aromatic carbocycles. The summed E-state index contributed by atoms with van der Waals surface area (Å²) >= 11 is 0. The van der Waals surface area contributed by atoms with Crippen LogP contribution in [-0.2, 0) is 0 Å². The summed E-state index contributed by atoms with van der Waals surface area (Å²) in [7, 11) is 0.864. The lowest BCUT2D eigenvalue weighted by atomic mass is 10.0. The van der Waals surface area contributed by atoms with Crippen LogP contribution < -0.4 is 14.8 Å². The van der Waals surface area contributed by atoms with E-state index in [4.69, 9.17) is 9.47 Å². The van der Waals surface area contributed by atoms with E-state index in [0.717, 1.165) is 57.4 Å². The molecule has 0 N–H and O–H groups in total. The van der Waals surface area contributed by atoms with E-state index < -0.39 is 0 Å². The van der Waals surface area contributed by atoms with Crippen LogP contribution in [0.5, 0.6) is 11.5 Å². The number of hydrogen-bond acceptors (Lipinski definition) is 2. The molecule has 1 unspecified atom stereocenters. The predicted molar refractivity (Wildman–Crippen MR) is 118 cm³/mol. The Labute approximate surface area is 166 Å². The van der Waals surface area contributed by atoms with Crippen LogP contribution in [0.2, 0.25) is 0 Å². The summed E-state index contributed by atoms with van der Waals surface area (Å²) in [6.07, 6.45) is 8.95. The van der Waals surface area contributed by atoms with Crippen molar-refractivity contribution in [2.24, 2.45) is 0 Å². The highest BCUT2D eigenvalue weighted by molar-refractivity contribution is 7.48. The van der Waals surface area contributed by atoms with Crippen LogP contribution in [0, 0.1) is 0 Å². The molecule has 1 aliphatic rings. The van der Waals surface area contributed by atoms with Crippen molar-refractivity contribution in [1.29, 1.82) is 0 Å². The molecule has 0 spiro atoms. The van der Waals surface area contributed by atoms with E-state index in [9.17, 15) is 0 Å². The van der Waals surface area contributed by atoms with Gasteiger partial charge < -0.3 is 9.47 Å². The summed E-state index contributed by atoms with van der Waals surface area (Å²) < 4.78 is 12.3. The molecular formula is C24H33O2P. The number of ether oxygens (including phenoxy) is 2. The van der Waals surface area contributed by atoms with E-state index in [0.29, 0.717) is 0 Å². The Morgan fingerprint density at radius 1 is 0.815 bits per heavy atom. The van der Waals surface area contributed by atoms with E-state index in [1.165, 1.54) is 43.0 Å². The average molecular weight is 385 g/mol. The number of hydrogen-bond donors (Lipinski definition) is 0. The number of benzene rings is 2. The molecule has 1 saturated carbocycles. The maximum Gasteiger partial charge on any atom is 0.130 e. The van der Waals surface area contributed by atoms with Gasteiger partial charge in [-0.25, -0.2) is 0 Å². The molecule has 3 heteroatoms. The van der Waals surface area contributed by atoms with Crippen LogP contribution >= 0.6 is 8.58 Å². The standard InChI is InChI=1S/C24H33O2P/c1-3-17-25-21-14-10-15-22(26-18-4-2)24(21)20-13-8-9-16-23(20)27-19-11-6-5-7-12-19/h8-10,13-16,19,27H,3-7,11-12,17-18H2,1-2H3. The minimum Gasteiger partial charge on any atom is -0.493 e. The van der Waals surface area contributed by atoms with E-state index in [2.05, 4.69) is 50.2 Å². The van der Waals surface area contributed by atoms with Gasteiger partial charge in [-0.15, -0.1) is 0 Å². The van der Waals surface area contributed by atoms with Crippen molar-refractivity contribution in [2.45, 2.75) is 64.5 Å². The van der Waals surface area contributed by atoms with Crippen molar-refractivity contribution < 1.29 is 9.47 Å². The molecule has 1 fully saturated rings. The lowest BCUT2D eigenvalue weighted by Crippen LogP contribution is -2.13. The largest absolute Gasteiger partial charge is 0.493 e. The van der Waals surface area contributed by atoms with Crippen molar-refractivity contribution in [2.75, 3.05) is 13.2 Å². The molecule has 0 aromatic heterocycles. The molecule has 27 heavy (non-hydrogen) atoms. The van der Waals surface area contributed by atoms with Gasteiger partial charge in [0.25, 0.3) is 0 Å². The molecule has 0 aliphatic heterocycles. The molecule has 0 radical (unpaired) electrons. The lowest BCUT2D eigenvalue weighted by molar-refractivity contribution is 0.304. The Morgan fingerprint density at radius 2 is 1.44 bits per heavy atom. The van der Waals surface area contributed by atoms with Gasteiger partial charge in [-0.05, 0) is 54.3 Å². The molecule has 0 saturated heterocycles. The fraction of sp³-hybridized carbons (Fsp3) is 0.500. The third-order valence-electron chi connectivity index (χ3n) is 5.07. The van der Waals surface area contributed by atoms with E-state index in [-0.39, 0.29) is 0 Å². The minimum absolute atomic E-state index is 0.733. The SMILES string of the molecule is CCCOc1cccc(OCCC)c1-c1ccccc1PC1CCCCC1. The third kappa shape index (κ3) is 5.48. The first-order chi connectivity index (χ1) is 13.3. The van der Waals surface area contributed by atoms with Gasteiger partial charge in [0.2, 0.25) is 0 Å². The molecular weight excluding hydrogens is 351 g/mol. The monoisotopic (exact) mass is 384 g/mol. The highest BCUT2D eigenvalue weighted by Gasteiger charge is 2.20. The Balaban J connectivity index is 1.98. The van der Waals surface area contributed by atoms with Gasteiger partial charge >= 0.3 is 0 Å². The first kappa shape index (κ1) is 20.2. The predicted octanol–water partition coefficient (Wildman–Crippen LogP) is 6.57. The molecule has 3 rings (SSSR count). The zero-order valence-corrected chi connectivity index (χ0v) is 17.8. The normalized spacial score (nSPS) is 15.3. The lowest BCUT2D eigenvalue weighted by Gasteiger charge is -2.24. The highest BCUT2D eigenvalue weighted by Crippen LogP contribution is 2.41. The van der Waals surface area contributed by atoms with Crippen LogP contribution in [0.4, 0.5) is 0 Å². The van der Waals surface area contributed by atoms with E-state index >= 15 is 0 Å². The maximum absolute atomic E-state index is 6.13. The van der Waals surface area contributed by atoms with Crippen molar-refractivity contribution in [1.82, 2.24) is 0 Å². The Kier molecular flexibility index (Phi) is 8.02. The van der Waals surface area contributed by atoms with Crippen LogP contribution in [0.1, 0.15) is 58.8 Å². The molecule has 0 amide bonds. The van der Waals surface area contributed by atoms with Crippen LogP contribution in [-0.4, -0.2) is 18.9 Å². The average Bonchev–Trinajstić information content (AvgIpc) is 2.72. The molecule has 1 atom stereocenters. The van der Waals surface area contributed by atoms with Crippen molar-refractivity contribution >= 4 is 13.9 Å². The fourth-order valence-electron chi connectivity index (χ4n) is 3.73. The zero-order chi connectivity index (χ0) is 18.9. The van der Waals surface area contributed by atoms with Gasteiger partial charge in [0, 0.05) is 0 Å². The second-order valence-corrected chi connectivity index (χ2v) is 8.99. The van der Waals surface area contributed by atoms with Gasteiger partial charge in [-0.3, -0.25) is 0 Å². The molecule has 146 valence electrons. The van der Waals surface area contributed by atoms with Crippen molar-refractivity contribution in [3.8, 4) is 22.6 Å². The fourth-order valence-corrected chi connectivity index (χ4v) is 5.43. The van der Waals surface area contributed by atoms with Crippen molar-refractivity contribution in [3.63, 3.8) is 0 Å². The summed E-state index contributed by atoms with van der Waals surface area (Å²) in [5.74, 6) is 1.90. The Morgan fingerprint density at radius 3 is 2.07 bits per heavy atom. The summed E-state index contributed by atoms with van der Waals surface area (Å²) in [5, 5.41) is 1.46. The summed E-state index contributed by atoms with van der Waals surface area (Å²) in [6.45, 7) is 5.76. The van der Waals surface area contributed by atoms with Gasteiger partial charge in [-0.2, -0.15) is 0 Å². The molecule has 2 aromatic rings. The molecule has 2 nitrogen and oxygen atoms in total. The van der Waals surface area contributed by atoms with Crippen molar-refractivity contribution in [3.05, 3.63) is 42.5 Å². The maximum atomic E-state index is 6.13. The quantitative estimate of drug-likeness (QED) is 0.455. The Hall–Kier alpha value is -1.53. The second kappa shape index (κ2) is 10.7. The molecule has 0 bridgehead atoms. The first-order valence-corrected chi connectivity index (χ1v) is 11.7. The Bertz CT molecular complexity index is 681. The van der Waals surface area contributed by atoms with Gasteiger partial charge in [0.05, 0.1) is 18.8 Å². The van der Waals surface area contributed by atoms with Gasteiger partial charge in [-0.1, -0.05) is 72.0 Å². The van der Waals surface area contributed by atoms with Crippen LogP contribution in [0.3, 0.4) is 0 Å². The first-order valence-electron chi connectivity index (χ1n) is 10.6. The summed E-state index contributed by atoms with van der Waals surface area (Å²) in [4.78, 5) is 0. The smallest absolute Gasteiger partial charge is 0.130 e. The van der Waals surface area contributed by atoms with Crippen LogP contribution in [0.25, 0.3) is 11.1 Å². The van der Waals surface area contributed by atoms with Gasteiger partial charge in [0.1, 0.15) is 11.5 Å². The molecule has 0 heterocycles. The van der Waals surface area contributed by atoms with E-state index in [1.54, 1.807) is 0 Å². The second-order valence-electron chi connectivity index (χ2n) is 7.35. The summed E-state index contributed by atoms with van der Waals surface area (Å²) in [5.41, 5.74) is 3.26. The minimum atomic E-state index is 0.733. The van der Waals surface area contributed by atoms with E-state index in [1.807, 2.05) is 6.07 Å². The summed E-state index contributed by atoms with van der Waals surface area (Å²) in [6, 6.07) is 15.1. The molecule has 1 aliphatic carbocycles. The topological polar surface area (TPSA) is 18.5 Å². The van der Waals surface area contributed by atoms with Gasteiger partial charge in [0.15, 0.2) is 0 Å². The third-order valence-corrected chi connectivity index (χ3v) is 6.81. The zero-order valence-electron chi connectivity index (χ0n) is 16.8.